The second kappa shape index (κ2) is 17.4. The molecular weight excluding hydrogens is 987 g/mol. The second-order valence-corrected chi connectivity index (χ2v) is 20.3. The Kier molecular flexibility index (Phi) is 10.8. The number of aromatic nitrogens is 11. The summed E-state index contributed by atoms with van der Waals surface area (Å²) in [7, 11) is 0. The van der Waals surface area contributed by atoms with Crippen molar-refractivity contribution in [3.8, 4) is 28.3 Å². The van der Waals surface area contributed by atoms with E-state index >= 15 is 8.78 Å². The summed E-state index contributed by atoms with van der Waals surface area (Å²) in [6.07, 6.45) is 1.53. The van der Waals surface area contributed by atoms with Gasteiger partial charge in [0.25, 0.3) is 0 Å². The minimum Gasteiger partial charge on any atom is -0.441 e. The van der Waals surface area contributed by atoms with E-state index in [9.17, 15) is 14.0 Å². The van der Waals surface area contributed by atoms with Crippen LogP contribution in [0.25, 0.3) is 39.6 Å². The van der Waals surface area contributed by atoms with Gasteiger partial charge in [0.05, 0.1) is 58.1 Å². The number of aryl methyl sites for hydroxylation is 1. The zero-order valence-electron chi connectivity index (χ0n) is 39.4. The van der Waals surface area contributed by atoms with E-state index in [1.165, 1.54) is 16.8 Å². The molecule has 380 valence electrons. The number of hydrogen-bond acceptors (Lipinski definition) is 15. The van der Waals surface area contributed by atoms with Crippen LogP contribution in [0, 0.1) is 18.7 Å². The standard InChI is InChI=1S/C49H45ClF3N15O6/c1-23-20-67-39(56-23)15-31(58-45(67)59-36-13-32(63-64-36)42-40(52)34(21-71-42)74-47(70)62-49-17-24(18-49)19-49)30-12-26(5-8-54-30)68-33(43-41(53)35(22-72-43)73-46(69)61-48(2)6-7-48)16-37(65-68)60-44-57-29(14-38-55-9-10-66(38)44)25-3-4-28(51)27(50)11-25/h3-5,8-16,20,24,34-35,40-43H,6-7,17-19,21-22H2,1-2H3,(H,61,69)(H,62,70)(H,57,60,65)(H2,58,59,63,64)/t24?,34-,35+,40+,41-,42-,43+,49?/m1/s1. The van der Waals surface area contributed by atoms with E-state index in [1.807, 2.05) is 13.8 Å². The fourth-order valence-electron chi connectivity index (χ4n) is 10.1. The molecular formula is C49H45ClF3N15O6. The maximum absolute atomic E-state index is 16.7. The van der Waals surface area contributed by atoms with Crippen molar-refractivity contribution in [1.82, 2.24) is 64.3 Å². The predicted molar refractivity (Wildman–Crippen MR) is 258 cm³/mol. The first kappa shape index (κ1) is 46.0. The molecule has 4 aliphatic carbocycles. The first-order chi connectivity index (χ1) is 35.7. The third kappa shape index (κ3) is 8.44. The summed E-state index contributed by atoms with van der Waals surface area (Å²) < 4.78 is 74.3. The summed E-state index contributed by atoms with van der Waals surface area (Å²) >= 11 is 6.15. The number of carbonyl (C=O) groups is 2. The largest absolute Gasteiger partial charge is 0.441 e. The number of nitrogens with zero attached hydrogens (tertiary/aromatic N) is 10. The molecule has 21 nitrogen and oxygen atoms in total. The van der Waals surface area contributed by atoms with Gasteiger partial charge in [-0.15, -0.1) is 5.10 Å². The molecule has 5 N–H and O–H groups in total. The Morgan fingerprint density at radius 1 is 0.797 bits per heavy atom. The Morgan fingerprint density at radius 2 is 1.51 bits per heavy atom. The van der Waals surface area contributed by atoms with Gasteiger partial charge in [-0.1, -0.05) is 11.6 Å². The van der Waals surface area contributed by atoms with Gasteiger partial charge in [0.15, 0.2) is 36.2 Å². The molecule has 8 aromatic rings. The molecule has 7 aromatic heterocycles. The number of alkyl halides is 2. The minimum atomic E-state index is -1.80. The van der Waals surface area contributed by atoms with Crippen LogP contribution in [-0.4, -0.2) is 115 Å². The number of H-pyrrole nitrogens is 1. The molecule has 1 aromatic carbocycles. The van der Waals surface area contributed by atoms with Crippen LogP contribution in [0.5, 0.6) is 0 Å². The van der Waals surface area contributed by atoms with Crippen molar-refractivity contribution < 1.29 is 41.7 Å². The lowest BCUT2D eigenvalue weighted by molar-refractivity contribution is -0.0528. The molecule has 25 heteroatoms. The lowest BCUT2D eigenvalue weighted by atomic mass is 9.50. The van der Waals surface area contributed by atoms with Crippen molar-refractivity contribution in [3.63, 3.8) is 0 Å². The van der Waals surface area contributed by atoms with Crippen molar-refractivity contribution in [2.24, 2.45) is 5.92 Å². The monoisotopic (exact) mass is 1030 g/mol. The van der Waals surface area contributed by atoms with Crippen LogP contribution in [0.4, 0.5) is 46.3 Å². The lowest BCUT2D eigenvalue weighted by Crippen LogP contribution is -2.68. The maximum Gasteiger partial charge on any atom is 0.408 e. The molecule has 0 unspecified atom stereocenters. The summed E-state index contributed by atoms with van der Waals surface area (Å²) in [5.74, 6) is 1.15. The molecule has 74 heavy (non-hydrogen) atoms. The number of hydrogen-bond donors (Lipinski definition) is 5. The van der Waals surface area contributed by atoms with Gasteiger partial charge >= 0.3 is 12.2 Å². The van der Waals surface area contributed by atoms with E-state index in [-0.39, 0.29) is 52.6 Å². The number of nitrogens with one attached hydrogen (secondary N) is 5. The van der Waals surface area contributed by atoms with Gasteiger partial charge < -0.3 is 40.2 Å². The summed E-state index contributed by atoms with van der Waals surface area (Å²) in [6, 6.07) is 14.3. The highest BCUT2D eigenvalue weighted by Gasteiger charge is 2.58. The van der Waals surface area contributed by atoms with Gasteiger partial charge in [0.1, 0.15) is 29.3 Å². The van der Waals surface area contributed by atoms with Crippen molar-refractivity contribution >= 4 is 58.6 Å². The van der Waals surface area contributed by atoms with Gasteiger partial charge in [0.2, 0.25) is 11.9 Å². The Bertz CT molecular complexity index is 3530. The molecule has 2 saturated heterocycles. The number of rotatable bonds is 13. The lowest BCUT2D eigenvalue weighted by Gasteiger charge is -2.61. The maximum atomic E-state index is 16.7. The number of benzene rings is 1. The number of halogens is 4. The highest BCUT2D eigenvalue weighted by molar-refractivity contribution is 6.31. The van der Waals surface area contributed by atoms with Crippen LogP contribution in [0.1, 0.15) is 68.3 Å². The summed E-state index contributed by atoms with van der Waals surface area (Å²) in [5, 5.41) is 24.2. The molecule has 0 radical (unpaired) electrons. The van der Waals surface area contributed by atoms with Crippen molar-refractivity contribution in [3.05, 3.63) is 107 Å². The predicted octanol–water partition coefficient (Wildman–Crippen LogP) is 8.11. The molecule has 9 heterocycles. The summed E-state index contributed by atoms with van der Waals surface area (Å²) in [5.41, 5.74) is 3.85. The van der Waals surface area contributed by atoms with Crippen LogP contribution in [0.3, 0.4) is 0 Å². The first-order valence-electron chi connectivity index (χ1n) is 24.0. The Balaban J connectivity index is 0.801. The van der Waals surface area contributed by atoms with Crippen LogP contribution >= 0.6 is 11.6 Å². The van der Waals surface area contributed by atoms with Crippen LogP contribution < -0.4 is 21.3 Å². The highest BCUT2D eigenvalue weighted by atomic mass is 35.5. The van der Waals surface area contributed by atoms with E-state index in [0.717, 1.165) is 32.1 Å². The Labute approximate surface area is 422 Å². The van der Waals surface area contributed by atoms with Crippen LogP contribution in [0.2, 0.25) is 5.02 Å². The van der Waals surface area contributed by atoms with Gasteiger partial charge in [0, 0.05) is 65.7 Å². The highest BCUT2D eigenvalue weighted by Crippen LogP contribution is 2.57. The number of imidazole rings is 2. The van der Waals surface area contributed by atoms with Crippen molar-refractivity contribution in [2.75, 3.05) is 23.8 Å². The third-order valence-electron chi connectivity index (χ3n) is 14.3. The summed E-state index contributed by atoms with van der Waals surface area (Å²) in [6.45, 7) is 3.38. The number of pyridine rings is 1. The number of alkyl carbamates (subject to hydrolysis) is 2. The third-order valence-corrected chi connectivity index (χ3v) is 14.6. The van der Waals surface area contributed by atoms with Crippen molar-refractivity contribution in [1.29, 1.82) is 0 Å². The van der Waals surface area contributed by atoms with Crippen LogP contribution in [-0.2, 0) is 18.9 Å². The van der Waals surface area contributed by atoms with Gasteiger partial charge in [-0.2, -0.15) is 5.10 Å². The number of aromatic amines is 1. The zero-order chi connectivity index (χ0) is 50.6. The Hall–Kier alpha value is -7.83. The average molecular weight is 1030 g/mol. The second-order valence-electron chi connectivity index (χ2n) is 19.9. The Morgan fingerprint density at radius 3 is 2.27 bits per heavy atom. The molecule has 6 fully saturated rings. The van der Waals surface area contributed by atoms with Crippen LogP contribution in [0.15, 0.2) is 79.4 Å². The fraction of sp³-hybridized carbons (Fsp3) is 0.367. The molecule has 2 aliphatic heterocycles. The molecule has 0 spiro atoms. The fourth-order valence-corrected chi connectivity index (χ4v) is 10.3. The zero-order valence-corrected chi connectivity index (χ0v) is 40.2. The molecule has 4 saturated carbocycles. The number of amides is 2. The molecule has 6 aliphatic rings. The normalized spacial score (nSPS) is 25.4. The van der Waals surface area contributed by atoms with Gasteiger partial charge in [-0.25, -0.2) is 47.4 Å². The smallest absolute Gasteiger partial charge is 0.408 e. The first-order valence-corrected chi connectivity index (χ1v) is 24.4. The molecule has 14 rings (SSSR count). The average Bonchev–Trinajstić information content (AvgIpc) is 4.09. The van der Waals surface area contributed by atoms with E-state index in [1.54, 1.807) is 76.1 Å². The number of carbonyl (C=O) groups excluding carboxylic acids is 2. The van der Waals surface area contributed by atoms with Crippen molar-refractivity contribution in [2.45, 2.75) is 93.8 Å². The van der Waals surface area contributed by atoms with Gasteiger partial charge in [-0.05, 0) is 82.2 Å². The van der Waals surface area contributed by atoms with E-state index in [4.69, 9.17) is 50.6 Å². The molecule has 6 atom stereocenters. The topological polar surface area (TPSA) is 239 Å². The number of fused-ring (bicyclic) bond motifs is 2. The SMILES string of the molecule is Cc1cn2c(Nc3cc([C@H]4OC[C@@H](OC(=O)NC56CC(C5)C6)[C@@H]4F)[nH]n3)nc(-c3cc(-n4nc(Nc5nc(-c6ccc(F)c(Cl)c6)cc6nccn56)cc4[C@@H]4OC[C@H](OC(=O)NC5(C)CC5)[C@H]4F)ccn3)cc2n1. The van der Waals surface area contributed by atoms with Gasteiger partial charge in [-0.3, -0.25) is 18.9 Å². The summed E-state index contributed by atoms with van der Waals surface area (Å²) in [4.78, 5) is 49.0. The number of anilines is 4. The van der Waals surface area contributed by atoms with E-state index in [0.29, 0.717) is 62.9 Å². The molecule has 2 bridgehead atoms. The quantitative estimate of drug-likeness (QED) is 0.0733. The number of ether oxygens (including phenoxy) is 4. The molecule has 2 amide bonds. The minimum absolute atomic E-state index is 0.0777. The van der Waals surface area contributed by atoms with E-state index in [2.05, 4.69) is 41.4 Å². The van der Waals surface area contributed by atoms with E-state index < -0.39 is 54.8 Å².